The quantitative estimate of drug-likeness (QED) is 0.760. The predicted molar refractivity (Wildman–Crippen MR) is 104 cm³/mol. The average Bonchev–Trinajstić information content (AvgIpc) is 3.02. The van der Waals surface area contributed by atoms with Crippen LogP contribution in [-0.2, 0) is 11.2 Å². The third-order valence-corrected chi connectivity index (χ3v) is 4.74. The van der Waals surface area contributed by atoms with Crippen molar-refractivity contribution in [2.45, 2.75) is 38.6 Å². The molecule has 2 heterocycles. The molecule has 0 aliphatic carbocycles. The minimum atomic E-state index is -0.323. The molecule has 2 aromatic rings. The minimum absolute atomic E-state index is 0. The Morgan fingerprint density at radius 3 is 2.58 bits per heavy atom. The standard InChI is InChI=1S/C16H22N4OS.2ClH/c1-3-16(17,4-2)11-19-14(21)9-12-10-22-15(20-12)13-7-5-6-8-18-13;;/h5-8,10H,3-4,9,11,17H2,1-2H3,(H,19,21);2*1H. The molecule has 0 saturated carbocycles. The molecule has 24 heavy (non-hydrogen) atoms. The van der Waals surface area contributed by atoms with E-state index >= 15 is 0 Å². The van der Waals surface area contributed by atoms with Crippen molar-refractivity contribution in [1.82, 2.24) is 15.3 Å². The fraction of sp³-hybridized carbons (Fsp3) is 0.438. The Hall–Kier alpha value is -1.21. The van der Waals surface area contributed by atoms with Gasteiger partial charge < -0.3 is 11.1 Å². The highest BCUT2D eigenvalue weighted by atomic mass is 35.5. The van der Waals surface area contributed by atoms with Crippen LogP contribution in [0, 0.1) is 0 Å². The molecule has 0 aromatic carbocycles. The number of nitrogens with one attached hydrogen (secondary N) is 1. The second-order valence-electron chi connectivity index (χ2n) is 5.38. The summed E-state index contributed by atoms with van der Waals surface area (Å²) in [6.45, 7) is 4.57. The Labute approximate surface area is 159 Å². The van der Waals surface area contributed by atoms with E-state index in [0.29, 0.717) is 6.54 Å². The number of carbonyl (C=O) groups is 1. The lowest BCUT2D eigenvalue weighted by atomic mass is 9.94. The number of hydrogen-bond donors (Lipinski definition) is 2. The van der Waals surface area contributed by atoms with Crippen molar-refractivity contribution in [3.05, 3.63) is 35.5 Å². The van der Waals surface area contributed by atoms with Crippen LogP contribution in [0.15, 0.2) is 29.8 Å². The number of rotatable bonds is 7. The van der Waals surface area contributed by atoms with E-state index in [2.05, 4.69) is 15.3 Å². The van der Waals surface area contributed by atoms with Crippen LogP contribution in [0.5, 0.6) is 0 Å². The van der Waals surface area contributed by atoms with Crippen LogP contribution in [0.25, 0.3) is 10.7 Å². The first-order valence-electron chi connectivity index (χ1n) is 7.47. The molecule has 0 saturated heterocycles. The lowest BCUT2D eigenvalue weighted by molar-refractivity contribution is -0.120. The minimum Gasteiger partial charge on any atom is -0.354 e. The van der Waals surface area contributed by atoms with Gasteiger partial charge in [0.05, 0.1) is 17.8 Å². The van der Waals surface area contributed by atoms with Gasteiger partial charge in [0, 0.05) is 23.7 Å². The van der Waals surface area contributed by atoms with Crippen molar-refractivity contribution in [3.8, 4) is 10.7 Å². The van der Waals surface area contributed by atoms with Gasteiger partial charge in [-0.2, -0.15) is 0 Å². The van der Waals surface area contributed by atoms with Crippen molar-refractivity contribution in [2.75, 3.05) is 6.54 Å². The highest BCUT2D eigenvalue weighted by Gasteiger charge is 2.21. The van der Waals surface area contributed by atoms with Gasteiger partial charge in [-0.1, -0.05) is 19.9 Å². The molecule has 134 valence electrons. The van der Waals surface area contributed by atoms with Crippen molar-refractivity contribution in [3.63, 3.8) is 0 Å². The summed E-state index contributed by atoms with van der Waals surface area (Å²) >= 11 is 1.50. The monoisotopic (exact) mass is 390 g/mol. The van der Waals surface area contributed by atoms with Gasteiger partial charge in [-0.15, -0.1) is 36.2 Å². The summed E-state index contributed by atoms with van der Waals surface area (Å²) in [5.74, 6) is -0.0467. The van der Waals surface area contributed by atoms with Gasteiger partial charge in [0.25, 0.3) is 0 Å². The van der Waals surface area contributed by atoms with Crippen molar-refractivity contribution < 1.29 is 4.79 Å². The zero-order chi connectivity index (χ0) is 16.0. The van der Waals surface area contributed by atoms with Crippen molar-refractivity contribution >= 4 is 42.1 Å². The number of halogens is 2. The first kappa shape index (κ1) is 22.8. The maximum atomic E-state index is 12.0. The van der Waals surface area contributed by atoms with Gasteiger partial charge in [-0.05, 0) is 25.0 Å². The highest BCUT2D eigenvalue weighted by molar-refractivity contribution is 7.13. The number of pyridine rings is 1. The van der Waals surface area contributed by atoms with Gasteiger partial charge in [0.2, 0.25) is 5.91 Å². The molecule has 0 radical (unpaired) electrons. The lowest BCUT2D eigenvalue weighted by Crippen LogP contribution is -2.49. The highest BCUT2D eigenvalue weighted by Crippen LogP contribution is 2.21. The van der Waals surface area contributed by atoms with Crippen LogP contribution in [-0.4, -0.2) is 28.0 Å². The third kappa shape index (κ3) is 6.36. The zero-order valence-electron chi connectivity index (χ0n) is 13.8. The molecule has 5 nitrogen and oxygen atoms in total. The maximum Gasteiger partial charge on any atom is 0.226 e. The first-order valence-corrected chi connectivity index (χ1v) is 8.35. The number of nitrogens with two attached hydrogens (primary N) is 1. The second-order valence-corrected chi connectivity index (χ2v) is 6.24. The molecule has 0 spiro atoms. The maximum absolute atomic E-state index is 12.0. The van der Waals surface area contributed by atoms with E-state index in [0.717, 1.165) is 29.2 Å². The van der Waals surface area contributed by atoms with Crippen LogP contribution >= 0.6 is 36.2 Å². The molecule has 0 unspecified atom stereocenters. The van der Waals surface area contributed by atoms with Crippen molar-refractivity contribution in [1.29, 1.82) is 0 Å². The normalized spacial score (nSPS) is 10.5. The Balaban J connectivity index is 0.00000264. The molecule has 0 atom stereocenters. The second kappa shape index (κ2) is 10.6. The summed E-state index contributed by atoms with van der Waals surface area (Å²) in [4.78, 5) is 20.8. The molecule has 0 aliphatic rings. The molecule has 2 rings (SSSR count). The number of hydrogen-bond acceptors (Lipinski definition) is 5. The summed E-state index contributed by atoms with van der Waals surface area (Å²) in [7, 11) is 0. The Bertz CT molecular complexity index is 618. The largest absolute Gasteiger partial charge is 0.354 e. The predicted octanol–water partition coefficient (Wildman–Crippen LogP) is 3.22. The Morgan fingerprint density at radius 1 is 1.29 bits per heavy atom. The van der Waals surface area contributed by atoms with Gasteiger partial charge >= 0.3 is 0 Å². The molecule has 0 bridgehead atoms. The Kier molecular flexibility index (Phi) is 10.1. The van der Waals surface area contributed by atoms with E-state index in [9.17, 15) is 4.79 Å². The van der Waals surface area contributed by atoms with Crippen LogP contribution in [0.2, 0.25) is 0 Å². The summed E-state index contributed by atoms with van der Waals surface area (Å²) in [5, 5.41) is 5.64. The fourth-order valence-electron chi connectivity index (χ4n) is 2.00. The molecule has 0 aliphatic heterocycles. The van der Waals surface area contributed by atoms with E-state index in [-0.39, 0.29) is 42.7 Å². The summed E-state index contributed by atoms with van der Waals surface area (Å²) in [5.41, 5.74) is 7.45. The molecule has 1 amide bonds. The number of nitrogens with zero attached hydrogens (tertiary/aromatic N) is 2. The molecular weight excluding hydrogens is 367 g/mol. The number of aromatic nitrogens is 2. The molecule has 0 fully saturated rings. The number of carbonyl (C=O) groups excluding carboxylic acids is 1. The number of thiazole rings is 1. The van der Waals surface area contributed by atoms with Gasteiger partial charge in [0.15, 0.2) is 0 Å². The van der Waals surface area contributed by atoms with Crippen molar-refractivity contribution in [2.24, 2.45) is 5.73 Å². The first-order chi connectivity index (χ1) is 10.6. The zero-order valence-corrected chi connectivity index (χ0v) is 16.3. The summed E-state index contributed by atoms with van der Waals surface area (Å²) in [6.07, 6.45) is 3.68. The molecular formula is C16H24Cl2N4OS. The van der Waals surface area contributed by atoms with E-state index in [1.165, 1.54) is 11.3 Å². The van der Waals surface area contributed by atoms with Crippen LogP contribution in [0.1, 0.15) is 32.4 Å². The lowest BCUT2D eigenvalue weighted by Gasteiger charge is -2.26. The summed E-state index contributed by atoms with van der Waals surface area (Å²) < 4.78 is 0. The smallest absolute Gasteiger partial charge is 0.226 e. The van der Waals surface area contributed by atoms with Gasteiger partial charge in [-0.3, -0.25) is 9.78 Å². The summed E-state index contributed by atoms with van der Waals surface area (Å²) in [6, 6.07) is 5.70. The third-order valence-electron chi connectivity index (χ3n) is 3.82. The van der Waals surface area contributed by atoms with Gasteiger partial charge in [0.1, 0.15) is 5.01 Å². The van der Waals surface area contributed by atoms with E-state index in [1.807, 2.05) is 37.4 Å². The molecule has 8 heteroatoms. The van der Waals surface area contributed by atoms with Crippen LogP contribution < -0.4 is 11.1 Å². The molecule has 3 N–H and O–H groups in total. The van der Waals surface area contributed by atoms with Gasteiger partial charge in [-0.25, -0.2) is 4.98 Å². The average molecular weight is 391 g/mol. The van der Waals surface area contributed by atoms with Crippen LogP contribution in [0.4, 0.5) is 0 Å². The van der Waals surface area contributed by atoms with E-state index in [1.54, 1.807) is 6.20 Å². The van der Waals surface area contributed by atoms with E-state index < -0.39 is 0 Å². The Morgan fingerprint density at radius 2 is 2.00 bits per heavy atom. The fourth-order valence-corrected chi connectivity index (χ4v) is 2.79. The van der Waals surface area contributed by atoms with Crippen LogP contribution in [0.3, 0.4) is 0 Å². The number of amides is 1. The topological polar surface area (TPSA) is 80.9 Å². The molecule has 2 aromatic heterocycles. The van der Waals surface area contributed by atoms with E-state index in [4.69, 9.17) is 5.73 Å². The SMILES string of the molecule is CCC(N)(CC)CNC(=O)Cc1csc(-c2ccccn2)n1.Cl.Cl.